The number of aryl methyl sites for hydroxylation is 2. The number of hydrogen-bond donors (Lipinski definition) is 1. The molecular weight excluding hydrogens is 262 g/mol. The molecule has 3 nitrogen and oxygen atoms in total. The molecule has 1 aromatic heterocycles. The van der Waals surface area contributed by atoms with Crippen LogP contribution in [0.3, 0.4) is 0 Å². The van der Waals surface area contributed by atoms with Gasteiger partial charge in [0.1, 0.15) is 0 Å². The maximum absolute atomic E-state index is 11.3. The van der Waals surface area contributed by atoms with Gasteiger partial charge in [-0.15, -0.1) is 0 Å². The Morgan fingerprint density at radius 3 is 2.33 bits per heavy atom. The molecule has 0 saturated heterocycles. The van der Waals surface area contributed by atoms with Gasteiger partial charge in [0, 0.05) is 18.3 Å². The molecule has 0 radical (unpaired) electrons. The molecular formula is C18H25NO2. The fourth-order valence-electron chi connectivity index (χ4n) is 2.02. The lowest BCUT2D eigenvalue weighted by Gasteiger charge is -2.03. The normalized spacial score (nSPS) is 9.71. The van der Waals surface area contributed by atoms with Crippen molar-refractivity contribution in [2.45, 2.75) is 40.5 Å². The zero-order valence-electron chi connectivity index (χ0n) is 13.4. The number of aromatic nitrogens is 1. The highest BCUT2D eigenvalue weighted by Crippen LogP contribution is 2.20. The predicted molar refractivity (Wildman–Crippen MR) is 87.3 cm³/mol. The summed E-state index contributed by atoms with van der Waals surface area (Å²) < 4.78 is 4.92. The Bertz CT molecular complexity index is 541. The minimum atomic E-state index is -0.132. The van der Waals surface area contributed by atoms with Crippen LogP contribution in [0.5, 0.6) is 0 Å². The number of H-pyrrole nitrogens is 1. The van der Waals surface area contributed by atoms with Gasteiger partial charge >= 0.3 is 5.97 Å². The summed E-state index contributed by atoms with van der Waals surface area (Å²) in [4.78, 5) is 14.5. The molecule has 0 aliphatic rings. The standard InChI is InChI=1S/C16H19NO2.C2H6/c1-3-19-16(18)9-6-13-4-7-14(8-5-13)15-10-12(2)17-11-15;1-2/h4-5,7-8,10-11,17H,3,6,9H2,1-2H3;1-2H3. The largest absolute Gasteiger partial charge is 0.466 e. The van der Waals surface area contributed by atoms with Crippen LogP contribution in [-0.2, 0) is 16.0 Å². The minimum Gasteiger partial charge on any atom is -0.466 e. The molecule has 2 rings (SSSR count). The first-order chi connectivity index (χ1) is 10.2. The van der Waals surface area contributed by atoms with E-state index in [1.807, 2.05) is 33.9 Å². The van der Waals surface area contributed by atoms with Crippen molar-refractivity contribution in [1.82, 2.24) is 4.98 Å². The van der Waals surface area contributed by atoms with Crippen molar-refractivity contribution in [3.05, 3.63) is 47.8 Å². The van der Waals surface area contributed by atoms with Crippen molar-refractivity contribution in [3.63, 3.8) is 0 Å². The van der Waals surface area contributed by atoms with Crippen LogP contribution in [0.1, 0.15) is 38.4 Å². The second kappa shape index (κ2) is 9.01. The Hall–Kier alpha value is -2.03. The molecule has 2 aromatic rings. The van der Waals surface area contributed by atoms with Crippen LogP contribution in [-0.4, -0.2) is 17.6 Å². The fraction of sp³-hybridized carbons (Fsp3) is 0.389. The Morgan fingerprint density at radius 2 is 1.81 bits per heavy atom. The van der Waals surface area contributed by atoms with E-state index in [0.29, 0.717) is 13.0 Å². The summed E-state index contributed by atoms with van der Waals surface area (Å²) in [6, 6.07) is 10.4. The number of nitrogens with one attached hydrogen (secondary N) is 1. The lowest BCUT2D eigenvalue weighted by Crippen LogP contribution is -2.05. The number of carbonyl (C=O) groups excluding carboxylic acids is 1. The Labute approximate surface area is 127 Å². The molecule has 0 bridgehead atoms. The molecule has 21 heavy (non-hydrogen) atoms. The highest BCUT2D eigenvalue weighted by molar-refractivity contribution is 5.70. The number of rotatable bonds is 5. The van der Waals surface area contributed by atoms with Gasteiger partial charge in [-0.05, 0) is 43.0 Å². The van der Waals surface area contributed by atoms with Gasteiger partial charge in [0.25, 0.3) is 0 Å². The lowest BCUT2D eigenvalue weighted by atomic mass is 10.0. The van der Waals surface area contributed by atoms with Gasteiger partial charge in [-0.25, -0.2) is 0 Å². The number of hydrogen-bond acceptors (Lipinski definition) is 2. The summed E-state index contributed by atoms with van der Waals surface area (Å²) in [7, 11) is 0. The second-order valence-corrected chi connectivity index (χ2v) is 4.57. The van der Waals surface area contributed by atoms with E-state index in [2.05, 4.69) is 35.3 Å². The van der Waals surface area contributed by atoms with Crippen LogP contribution < -0.4 is 0 Å². The van der Waals surface area contributed by atoms with Gasteiger partial charge < -0.3 is 9.72 Å². The summed E-state index contributed by atoms with van der Waals surface area (Å²) in [5, 5.41) is 0. The Kier molecular flexibility index (Phi) is 7.30. The Balaban J connectivity index is 0.00000106. The zero-order chi connectivity index (χ0) is 15.7. The van der Waals surface area contributed by atoms with E-state index in [4.69, 9.17) is 4.74 Å². The molecule has 1 N–H and O–H groups in total. The molecule has 0 aliphatic heterocycles. The summed E-state index contributed by atoms with van der Waals surface area (Å²) in [6.07, 6.45) is 3.17. The molecule has 3 heteroatoms. The van der Waals surface area contributed by atoms with Crippen molar-refractivity contribution < 1.29 is 9.53 Å². The topological polar surface area (TPSA) is 42.1 Å². The van der Waals surface area contributed by atoms with Crippen LogP contribution in [0.25, 0.3) is 11.1 Å². The molecule has 1 aromatic carbocycles. The monoisotopic (exact) mass is 287 g/mol. The van der Waals surface area contributed by atoms with E-state index in [9.17, 15) is 4.79 Å². The van der Waals surface area contributed by atoms with Gasteiger partial charge in [-0.3, -0.25) is 4.79 Å². The van der Waals surface area contributed by atoms with Crippen LogP contribution in [0.15, 0.2) is 36.5 Å². The molecule has 114 valence electrons. The van der Waals surface area contributed by atoms with Gasteiger partial charge in [0.2, 0.25) is 0 Å². The third-order valence-corrected chi connectivity index (χ3v) is 3.04. The zero-order valence-corrected chi connectivity index (χ0v) is 13.4. The van der Waals surface area contributed by atoms with E-state index >= 15 is 0 Å². The number of esters is 1. The molecule has 0 spiro atoms. The van der Waals surface area contributed by atoms with Crippen molar-refractivity contribution in [2.24, 2.45) is 0 Å². The van der Waals surface area contributed by atoms with Crippen LogP contribution in [0, 0.1) is 6.92 Å². The molecule has 0 unspecified atom stereocenters. The van der Waals surface area contributed by atoms with Gasteiger partial charge in [-0.2, -0.15) is 0 Å². The first-order valence-corrected chi connectivity index (χ1v) is 7.59. The van der Waals surface area contributed by atoms with Gasteiger partial charge in [-0.1, -0.05) is 38.1 Å². The maximum Gasteiger partial charge on any atom is 0.306 e. The van der Waals surface area contributed by atoms with Crippen LogP contribution in [0.2, 0.25) is 0 Å². The molecule has 0 atom stereocenters. The molecule has 0 aliphatic carbocycles. The molecule has 1 heterocycles. The number of aromatic amines is 1. The first-order valence-electron chi connectivity index (χ1n) is 7.59. The smallest absolute Gasteiger partial charge is 0.306 e. The van der Waals surface area contributed by atoms with Crippen molar-refractivity contribution in [3.8, 4) is 11.1 Å². The molecule has 0 fully saturated rings. The third kappa shape index (κ3) is 5.46. The van der Waals surface area contributed by atoms with E-state index in [0.717, 1.165) is 17.7 Å². The summed E-state index contributed by atoms with van der Waals surface area (Å²) in [5.41, 5.74) is 4.68. The third-order valence-electron chi connectivity index (χ3n) is 3.04. The van der Waals surface area contributed by atoms with E-state index in [1.165, 1.54) is 11.1 Å². The van der Waals surface area contributed by atoms with E-state index in [1.54, 1.807) is 0 Å². The second-order valence-electron chi connectivity index (χ2n) is 4.57. The Morgan fingerprint density at radius 1 is 1.14 bits per heavy atom. The number of ether oxygens (including phenoxy) is 1. The van der Waals surface area contributed by atoms with Crippen LogP contribution >= 0.6 is 0 Å². The molecule has 0 amide bonds. The van der Waals surface area contributed by atoms with Gasteiger partial charge in [0.05, 0.1) is 6.61 Å². The average molecular weight is 287 g/mol. The lowest BCUT2D eigenvalue weighted by molar-refractivity contribution is -0.143. The van der Waals surface area contributed by atoms with Crippen molar-refractivity contribution >= 4 is 5.97 Å². The fourth-order valence-corrected chi connectivity index (χ4v) is 2.02. The highest BCUT2D eigenvalue weighted by atomic mass is 16.5. The number of carbonyl (C=O) groups is 1. The predicted octanol–water partition coefficient (Wildman–Crippen LogP) is 4.51. The SMILES string of the molecule is CC.CCOC(=O)CCc1ccc(-c2c[nH]c(C)c2)cc1. The van der Waals surface area contributed by atoms with Crippen molar-refractivity contribution in [2.75, 3.05) is 6.61 Å². The number of benzene rings is 1. The van der Waals surface area contributed by atoms with Crippen molar-refractivity contribution in [1.29, 1.82) is 0 Å². The van der Waals surface area contributed by atoms with E-state index < -0.39 is 0 Å². The molecule has 0 saturated carbocycles. The minimum absolute atomic E-state index is 0.132. The van der Waals surface area contributed by atoms with Gasteiger partial charge in [0.15, 0.2) is 0 Å². The summed E-state index contributed by atoms with van der Waals surface area (Å²) in [5.74, 6) is -0.132. The average Bonchev–Trinajstić information content (AvgIpc) is 2.95. The quantitative estimate of drug-likeness (QED) is 0.822. The first kappa shape index (κ1) is 17.0. The summed E-state index contributed by atoms with van der Waals surface area (Å²) >= 11 is 0. The van der Waals surface area contributed by atoms with Crippen LogP contribution in [0.4, 0.5) is 0 Å². The highest BCUT2D eigenvalue weighted by Gasteiger charge is 2.04. The maximum atomic E-state index is 11.3. The summed E-state index contributed by atoms with van der Waals surface area (Å²) in [6.45, 7) is 8.31. The van der Waals surface area contributed by atoms with E-state index in [-0.39, 0.29) is 5.97 Å².